The highest BCUT2D eigenvalue weighted by Gasteiger charge is 2.21. The van der Waals surface area contributed by atoms with Crippen LogP contribution in [0.3, 0.4) is 0 Å². The van der Waals surface area contributed by atoms with Crippen molar-refractivity contribution in [3.05, 3.63) is 70.7 Å². The second-order valence-electron chi connectivity index (χ2n) is 9.11. The first-order valence-electron chi connectivity index (χ1n) is 10.9. The van der Waals surface area contributed by atoms with Crippen LogP contribution >= 0.6 is 11.3 Å². The maximum absolute atomic E-state index is 13.2. The molecule has 8 nitrogen and oxygen atoms in total. The van der Waals surface area contributed by atoms with Gasteiger partial charge in [0.05, 0.1) is 39.3 Å². The number of fused-ring (bicyclic) bond motifs is 1. The zero-order chi connectivity index (χ0) is 25.3. The number of methoxy groups -OCH3 is 1. The van der Waals surface area contributed by atoms with Crippen LogP contribution in [-0.4, -0.2) is 23.9 Å². The minimum Gasteiger partial charge on any atom is -0.492 e. The summed E-state index contributed by atoms with van der Waals surface area (Å²) < 4.78 is 6.24. The van der Waals surface area contributed by atoms with Crippen molar-refractivity contribution in [3.63, 3.8) is 0 Å². The summed E-state index contributed by atoms with van der Waals surface area (Å²) in [6, 6.07) is 14.2. The Balaban J connectivity index is 1.63. The van der Waals surface area contributed by atoms with E-state index in [1.165, 1.54) is 24.6 Å². The molecule has 0 bridgehead atoms. The number of carbonyl (C=O) groups is 2. The minimum atomic E-state index is -0.316. The lowest BCUT2D eigenvalue weighted by Gasteiger charge is -2.22. The van der Waals surface area contributed by atoms with Gasteiger partial charge in [0, 0.05) is 6.20 Å². The lowest BCUT2D eigenvalue weighted by atomic mass is 9.86. The molecule has 35 heavy (non-hydrogen) atoms. The summed E-state index contributed by atoms with van der Waals surface area (Å²) in [4.78, 5) is 30.3. The molecule has 4 rings (SSSR count). The summed E-state index contributed by atoms with van der Waals surface area (Å²) in [6.45, 7) is 6.21. The van der Waals surface area contributed by atoms with E-state index >= 15 is 0 Å². The van der Waals surface area contributed by atoms with E-state index in [9.17, 15) is 9.59 Å². The summed E-state index contributed by atoms with van der Waals surface area (Å²) in [5.41, 5.74) is 14.6. The predicted octanol–water partition coefficient (Wildman–Crippen LogP) is 5.27. The van der Waals surface area contributed by atoms with E-state index in [0.29, 0.717) is 39.1 Å². The fourth-order valence-corrected chi connectivity index (χ4v) is 4.62. The molecule has 2 amide bonds. The number of hydrogen-bond donors (Lipinski definition) is 4. The van der Waals surface area contributed by atoms with E-state index in [0.717, 1.165) is 15.6 Å². The van der Waals surface area contributed by atoms with Crippen LogP contribution < -0.4 is 26.8 Å². The second-order valence-corrected chi connectivity index (χ2v) is 10.2. The number of ether oxygens (including phenoxy) is 1. The third kappa shape index (κ3) is 5.04. The van der Waals surface area contributed by atoms with Gasteiger partial charge in [0.25, 0.3) is 11.8 Å². The average molecular weight is 490 g/mol. The van der Waals surface area contributed by atoms with Crippen LogP contribution in [0.2, 0.25) is 0 Å². The second kappa shape index (κ2) is 9.27. The Morgan fingerprint density at radius 2 is 1.71 bits per heavy atom. The Kier molecular flexibility index (Phi) is 6.36. The first kappa shape index (κ1) is 24.0. The number of hydrogen-bond acceptors (Lipinski definition) is 7. The van der Waals surface area contributed by atoms with E-state index in [2.05, 4.69) is 36.4 Å². The van der Waals surface area contributed by atoms with Gasteiger partial charge in [0.2, 0.25) is 0 Å². The van der Waals surface area contributed by atoms with Gasteiger partial charge in [-0.25, -0.2) is 4.98 Å². The standard InChI is InChI=1S/C26H27N5O3S/c1-26(2,3)16-11-17(27)22(34-4)19(12-16)31-25(33)20-10-14-6-5-7-18(23(14)35-20)30-24(32)15-8-9-21(28)29-13-15/h5-13H,27H2,1-4H3,(H2,28,29)(H,30,32)(H,31,33). The largest absolute Gasteiger partial charge is 0.492 e. The molecule has 0 saturated heterocycles. The number of thiophene rings is 1. The van der Waals surface area contributed by atoms with Crippen LogP contribution in [0, 0.1) is 0 Å². The van der Waals surface area contributed by atoms with Gasteiger partial charge in [-0.2, -0.15) is 0 Å². The van der Waals surface area contributed by atoms with Gasteiger partial charge in [0.1, 0.15) is 5.82 Å². The summed E-state index contributed by atoms with van der Waals surface area (Å²) >= 11 is 1.28. The first-order valence-corrected chi connectivity index (χ1v) is 11.7. The van der Waals surface area contributed by atoms with Gasteiger partial charge < -0.3 is 26.8 Å². The van der Waals surface area contributed by atoms with Crippen LogP contribution in [0.5, 0.6) is 5.75 Å². The van der Waals surface area contributed by atoms with Crippen molar-refractivity contribution in [2.75, 3.05) is 29.2 Å². The predicted molar refractivity (Wildman–Crippen MR) is 142 cm³/mol. The zero-order valence-electron chi connectivity index (χ0n) is 19.9. The number of amides is 2. The van der Waals surface area contributed by atoms with Crippen LogP contribution in [0.25, 0.3) is 10.1 Å². The van der Waals surface area contributed by atoms with E-state index < -0.39 is 0 Å². The number of aromatic nitrogens is 1. The van der Waals surface area contributed by atoms with Crippen molar-refractivity contribution in [1.82, 2.24) is 4.98 Å². The van der Waals surface area contributed by atoms with Crippen LogP contribution in [0.4, 0.5) is 22.9 Å². The SMILES string of the molecule is COc1c(N)cc(C(C)(C)C)cc1NC(=O)c1cc2cccc(NC(=O)c3ccc(N)nc3)c2s1. The van der Waals surface area contributed by atoms with Gasteiger partial charge >= 0.3 is 0 Å². The number of nitrogens with two attached hydrogens (primary N) is 2. The normalized spacial score (nSPS) is 11.3. The molecular formula is C26H27N5O3S. The quantitative estimate of drug-likeness (QED) is 0.282. The molecule has 2 aromatic carbocycles. The van der Waals surface area contributed by atoms with E-state index in [1.807, 2.05) is 24.3 Å². The number of pyridine rings is 1. The summed E-state index contributed by atoms with van der Waals surface area (Å²) in [5.74, 6) is 0.139. The topological polar surface area (TPSA) is 132 Å². The number of anilines is 4. The average Bonchev–Trinajstić information content (AvgIpc) is 3.24. The minimum absolute atomic E-state index is 0.162. The highest BCUT2D eigenvalue weighted by atomic mass is 32.1. The lowest BCUT2D eigenvalue weighted by molar-refractivity contribution is 0.102. The monoisotopic (exact) mass is 489 g/mol. The third-order valence-corrected chi connectivity index (χ3v) is 6.68. The highest BCUT2D eigenvalue weighted by molar-refractivity contribution is 7.21. The van der Waals surface area contributed by atoms with Crippen LogP contribution in [0.15, 0.2) is 54.7 Å². The van der Waals surface area contributed by atoms with E-state index in [1.54, 1.807) is 24.3 Å². The molecule has 180 valence electrons. The number of nitrogens with zero attached hydrogens (tertiary/aromatic N) is 1. The molecule has 2 heterocycles. The molecule has 0 unspecified atom stereocenters. The molecule has 0 atom stereocenters. The number of benzene rings is 2. The molecule has 0 saturated carbocycles. The van der Waals surface area contributed by atoms with Gasteiger partial charge in [-0.05, 0) is 52.8 Å². The molecule has 9 heteroatoms. The number of rotatable bonds is 5. The Labute approximate surface area is 207 Å². The van der Waals surface area contributed by atoms with Crippen molar-refractivity contribution < 1.29 is 14.3 Å². The molecule has 0 aliphatic carbocycles. The van der Waals surface area contributed by atoms with Crippen molar-refractivity contribution in [2.24, 2.45) is 0 Å². The van der Waals surface area contributed by atoms with Crippen molar-refractivity contribution >= 4 is 56.1 Å². The Morgan fingerprint density at radius 1 is 0.971 bits per heavy atom. The number of nitrogens with one attached hydrogen (secondary N) is 2. The van der Waals surface area contributed by atoms with E-state index in [-0.39, 0.29) is 17.2 Å². The number of carbonyl (C=O) groups excluding carboxylic acids is 2. The van der Waals surface area contributed by atoms with Crippen LogP contribution in [0.1, 0.15) is 46.4 Å². The number of nitrogen functional groups attached to an aromatic ring is 2. The maximum atomic E-state index is 13.2. The zero-order valence-corrected chi connectivity index (χ0v) is 20.7. The highest BCUT2D eigenvalue weighted by Crippen LogP contribution is 2.38. The van der Waals surface area contributed by atoms with Crippen LogP contribution in [-0.2, 0) is 5.41 Å². The fraction of sp³-hybridized carbons (Fsp3) is 0.192. The Morgan fingerprint density at radius 3 is 2.37 bits per heavy atom. The molecule has 4 aromatic rings. The van der Waals surface area contributed by atoms with Crippen molar-refractivity contribution in [2.45, 2.75) is 26.2 Å². The van der Waals surface area contributed by atoms with Gasteiger partial charge in [0.15, 0.2) is 5.75 Å². The van der Waals surface area contributed by atoms with Gasteiger partial charge in [-0.3, -0.25) is 9.59 Å². The molecule has 0 fully saturated rings. The Hall–Kier alpha value is -4.11. The molecular weight excluding hydrogens is 462 g/mol. The Bertz CT molecular complexity index is 1420. The molecule has 6 N–H and O–H groups in total. The summed E-state index contributed by atoms with van der Waals surface area (Å²) in [5, 5.41) is 6.67. The van der Waals surface area contributed by atoms with E-state index in [4.69, 9.17) is 16.2 Å². The molecule has 0 aliphatic rings. The summed E-state index contributed by atoms with van der Waals surface area (Å²) in [6.07, 6.45) is 1.42. The van der Waals surface area contributed by atoms with Gasteiger partial charge in [-0.15, -0.1) is 11.3 Å². The molecule has 2 aromatic heterocycles. The third-order valence-electron chi connectivity index (χ3n) is 5.50. The first-order chi connectivity index (χ1) is 16.6. The van der Waals surface area contributed by atoms with Crippen molar-refractivity contribution in [3.8, 4) is 5.75 Å². The molecule has 0 radical (unpaired) electrons. The molecule has 0 aliphatic heterocycles. The van der Waals surface area contributed by atoms with Gasteiger partial charge in [-0.1, -0.05) is 32.9 Å². The summed E-state index contributed by atoms with van der Waals surface area (Å²) in [7, 11) is 1.52. The lowest BCUT2D eigenvalue weighted by Crippen LogP contribution is -2.16. The smallest absolute Gasteiger partial charge is 0.265 e. The molecule has 0 spiro atoms. The maximum Gasteiger partial charge on any atom is 0.265 e. The fourth-order valence-electron chi connectivity index (χ4n) is 3.60. The van der Waals surface area contributed by atoms with Crippen molar-refractivity contribution in [1.29, 1.82) is 0 Å².